The normalized spacial score (nSPS) is 17.3. The maximum absolute atomic E-state index is 13.1. The Hall–Kier alpha value is -3.46. The summed E-state index contributed by atoms with van der Waals surface area (Å²) in [6.45, 7) is 3.10. The van der Waals surface area contributed by atoms with E-state index in [1.54, 1.807) is 18.5 Å². The molecular formula is C24H25ClN6O3. The van der Waals surface area contributed by atoms with Crippen LogP contribution < -0.4 is 4.90 Å². The Labute approximate surface area is 202 Å². The van der Waals surface area contributed by atoms with Gasteiger partial charge in [-0.3, -0.25) is 9.78 Å². The SMILES string of the molecule is O=C(O)N1CCN(C(=O)C2CCN(c3nc(-c4ccnc(Cl)c4)cc4cnccc34)CC2)CC1. The average Bonchev–Trinajstić information content (AvgIpc) is 2.88. The van der Waals surface area contributed by atoms with Crippen molar-refractivity contribution in [2.24, 2.45) is 5.92 Å². The van der Waals surface area contributed by atoms with Gasteiger partial charge in [0, 0.05) is 80.1 Å². The highest BCUT2D eigenvalue weighted by Gasteiger charge is 2.32. The minimum atomic E-state index is -0.924. The smallest absolute Gasteiger partial charge is 0.407 e. The number of piperazine rings is 1. The van der Waals surface area contributed by atoms with Crippen LogP contribution in [0.4, 0.5) is 10.6 Å². The van der Waals surface area contributed by atoms with Gasteiger partial charge < -0.3 is 19.8 Å². The van der Waals surface area contributed by atoms with Gasteiger partial charge in [0.15, 0.2) is 0 Å². The third-order valence-electron chi connectivity index (χ3n) is 6.64. The summed E-state index contributed by atoms with van der Waals surface area (Å²) < 4.78 is 0. The zero-order valence-electron chi connectivity index (χ0n) is 18.6. The second-order valence-corrected chi connectivity index (χ2v) is 9.04. The van der Waals surface area contributed by atoms with Crippen molar-refractivity contribution in [3.05, 3.63) is 48.0 Å². The Morgan fingerprint density at radius 3 is 2.41 bits per heavy atom. The number of nitrogens with zero attached hydrogens (tertiary/aromatic N) is 6. The van der Waals surface area contributed by atoms with Gasteiger partial charge >= 0.3 is 6.09 Å². The predicted molar refractivity (Wildman–Crippen MR) is 129 cm³/mol. The zero-order chi connectivity index (χ0) is 23.7. The van der Waals surface area contributed by atoms with Gasteiger partial charge in [-0.1, -0.05) is 11.6 Å². The maximum Gasteiger partial charge on any atom is 0.407 e. The van der Waals surface area contributed by atoms with Crippen LogP contribution in [0.5, 0.6) is 0 Å². The lowest BCUT2D eigenvalue weighted by atomic mass is 9.94. The molecule has 0 unspecified atom stereocenters. The zero-order valence-corrected chi connectivity index (χ0v) is 19.4. The predicted octanol–water partition coefficient (Wildman–Crippen LogP) is 3.38. The minimum absolute atomic E-state index is 0.0530. The van der Waals surface area contributed by atoms with Gasteiger partial charge in [0.05, 0.1) is 5.69 Å². The molecule has 5 heterocycles. The maximum atomic E-state index is 13.1. The lowest BCUT2D eigenvalue weighted by Crippen LogP contribution is -2.52. The molecule has 176 valence electrons. The highest BCUT2D eigenvalue weighted by atomic mass is 35.5. The van der Waals surface area contributed by atoms with E-state index in [9.17, 15) is 9.59 Å². The van der Waals surface area contributed by atoms with E-state index in [2.05, 4.69) is 14.9 Å². The van der Waals surface area contributed by atoms with Crippen molar-refractivity contribution in [3.63, 3.8) is 0 Å². The van der Waals surface area contributed by atoms with E-state index >= 15 is 0 Å². The van der Waals surface area contributed by atoms with Crippen LogP contribution in [0.25, 0.3) is 22.0 Å². The number of aromatic nitrogens is 3. The van der Waals surface area contributed by atoms with E-state index < -0.39 is 6.09 Å². The number of carbonyl (C=O) groups is 2. The number of anilines is 1. The van der Waals surface area contributed by atoms with E-state index in [0.29, 0.717) is 31.3 Å². The molecule has 2 amide bonds. The Balaban J connectivity index is 1.33. The molecule has 10 heteroatoms. The molecule has 0 radical (unpaired) electrons. The number of halogens is 1. The van der Waals surface area contributed by atoms with Crippen molar-refractivity contribution in [1.82, 2.24) is 24.8 Å². The molecule has 5 rings (SSSR count). The molecule has 2 aliphatic rings. The second kappa shape index (κ2) is 9.42. The summed E-state index contributed by atoms with van der Waals surface area (Å²) >= 11 is 6.11. The Morgan fingerprint density at radius 2 is 1.71 bits per heavy atom. The molecule has 3 aromatic rings. The first kappa shape index (κ1) is 22.3. The van der Waals surface area contributed by atoms with Crippen molar-refractivity contribution < 1.29 is 14.7 Å². The number of carboxylic acid groups (broad SMARTS) is 1. The topological polar surface area (TPSA) is 103 Å². The van der Waals surface area contributed by atoms with Gasteiger partial charge in [0.1, 0.15) is 11.0 Å². The lowest BCUT2D eigenvalue weighted by Gasteiger charge is -2.38. The Kier molecular flexibility index (Phi) is 6.19. The van der Waals surface area contributed by atoms with Gasteiger partial charge in [-0.15, -0.1) is 0 Å². The molecule has 0 aromatic carbocycles. The summed E-state index contributed by atoms with van der Waals surface area (Å²) in [6, 6.07) is 7.66. The lowest BCUT2D eigenvalue weighted by molar-refractivity contribution is -0.137. The summed E-state index contributed by atoms with van der Waals surface area (Å²) in [5, 5.41) is 11.6. The van der Waals surface area contributed by atoms with Crippen molar-refractivity contribution >= 4 is 40.2 Å². The van der Waals surface area contributed by atoms with Crippen molar-refractivity contribution in [3.8, 4) is 11.3 Å². The van der Waals surface area contributed by atoms with Crippen LogP contribution >= 0.6 is 11.6 Å². The number of rotatable bonds is 3. The number of hydrogen-bond acceptors (Lipinski definition) is 6. The van der Waals surface area contributed by atoms with Gasteiger partial charge in [0.2, 0.25) is 5.91 Å². The molecule has 2 fully saturated rings. The fourth-order valence-corrected chi connectivity index (χ4v) is 4.92. The van der Waals surface area contributed by atoms with Crippen molar-refractivity contribution in [2.45, 2.75) is 12.8 Å². The van der Waals surface area contributed by atoms with Crippen LogP contribution in [0, 0.1) is 5.92 Å². The molecule has 1 N–H and O–H groups in total. The fourth-order valence-electron chi connectivity index (χ4n) is 4.74. The third-order valence-corrected chi connectivity index (χ3v) is 6.85. The van der Waals surface area contributed by atoms with E-state index in [1.165, 1.54) is 4.90 Å². The first-order chi connectivity index (χ1) is 16.5. The molecule has 3 aromatic heterocycles. The van der Waals surface area contributed by atoms with Crippen LogP contribution in [0.1, 0.15) is 12.8 Å². The van der Waals surface area contributed by atoms with Gasteiger partial charge in [0.25, 0.3) is 0 Å². The number of hydrogen-bond donors (Lipinski definition) is 1. The summed E-state index contributed by atoms with van der Waals surface area (Å²) in [7, 11) is 0. The average molecular weight is 481 g/mol. The van der Waals surface area contributed by atoms with Crippen LogP contribution in [-0.2, 0) is 4.79 Å². The number of fused-ring (bicyclic) bond motifs is 1. The molecular weight excluding hydrogens is 456 g/mol. The van der Waals surface area contributed by atoms with E-state index in [0.717, 1.165) is 53.8 Å². The fraction of sp³-hybridized carbons (Fsp3) is 0.375. The summed E-state index contributed by atoms with van der Waals surface area (Å²) in [4.78, 5) is 42.9. The third kappa shape index (κ3) is 4.48. The second-order valence-electron chi connectivity index (χ2n) is 8.65. The van der Waals surface area contributed by atoms with E-state index in [-0.39, 0.29) is 11.8 Å². The molecule has 0 spiro atoms. The highest BCUT2D eigenvalue weighted by Crippen LogP contribution is 2.33. The highest BCUT2D eigenvalue weighted by molar-refractivity contribution is 6.29. The monoisotopic (exact) mass is 480 g/mol. The number of carbonyl (C=O) groups excluding carboxylic acids is 1. The van der Waals surface area contributed by atoms with Crippen LogP contribution in [-0.4, -0.2) is 81.1 Å². The van der Waals surface area contributed by atoms with Crippen molar-refractivity contribution in [1.29, 1.82) is 0 Å². The molecule has 34 heavy (non-hydrogen) atoms. The molecule has 0 bridgehead atoms. The van der Waals surface area contributed by atoms with Gasteiger partial charge in [-0.2, -0.15) is 0 Å². The largest absolute Gasteiger partial charge is 0.465 e. The quantitative estimate of drug-likeness (QED) is 0.573. The molecule has 0 aliphatic carbocycles. The Bertz CT molecular complexity index is 1220. The standard InChI is InChI=1S/C24H25ClN6O3/c25-21-14-17(1-6-27-21)20-13-18-15-26-5-2-19(18)22(28-20)29-7-3-16(4-8-29)23(32)30-9-11-31(12-10-30)24(33)34/h1-2,5-6,13-16H,3-4,7-12H2,(H,33,34). The number of pyridine rings is 3. The van der Waals surface area contributed by atoms with E-state index in [4.69, 9.17) is 21.7 Å². The Morgan fingerprint density at radius 1 is 0.971 bits per heavy atom. The van der Waals surface area contributed by atoms with Crippen molar-refractivity contribution in [2.75, 3.05) is 44.2 Å². The first-order valence-electron chi connectivity index (χ1n) is 11.4. The molecule has 0 atom stereocenters. The summed E-state index contributed by atoms with van der Waals surface area (Å²) in [5.74, 6) is 0.957. The van der Waals surface area contributed by atoms with E-state index in [1.807, 2.05) is 29.3 Å². The number of amides is 2. The van der Waals surface area contributed by atoms with Crippen LogP contribution in [0.3, 0.4) is 0 Å². The van der Waals surface area contributed by atoms with Crippen LogP contribution in [0.2, 0.25) is 5.15 Å². The molecule has 2 aliphatic heterocycles. The number of piperidine rings is 1. The minimum Gasteiger partial charge on any atom is -0.465 e. The summed E-state index contributed by atoms with van der Waals surface area (Å²) in [6.07, 6.45) is 5.81. The first-order valence-corrected chi connectivity index (χ1v) is 11.8. The molecule has 9 nitrogen and oxygen atoms in total. The van der Waals surface area contributed by atoms with Gasteiger partial charge in [-0.25, -0.2) is 14.8 Å². The summed E-state index contributed by atoms with van der Waals surface area (Å²) in [5.41, 5.74) is 1.69. The van der Waals surface area contributed by atoms with Crippen LogP contribution in [0.15, 0.2) is 42.9 Å². The molecule has 2 saturated heterocycles. The van der Waals surface area contributed by atoms with Gasteiger partial charge in [-0.05, 0) is 37.1 Å². The molecule has 0 saturated carbocycles.